The van der Waals surface area contributed by atoms with Gasteiger partial charge in [-0.15, -0.1) is 0 Å². The summed E-state index contributed by atoms with van der Waals surface area (Å²) in [6, 6.07) is 9.70. The van der Waals surface area contributed by atoms with Crippen molar-refractivity contribution in [1.29, 1.82) is 0 Å². The summed E-state index contributed by atoms with van der Waals surface area (Å²) in [4.78, 5) is 10.8. The first-order valence-electron chi connectivity index (χ1n) is 7.69. The predicted molar refractivity (Wildman–Crippen MR) is 104 cm³/mol. The first-order valence-corrected chi connectivity index (χ1v) is 8.10. The van der Waals surface area contributed by atoms with E-state index in [0.29, 0.717) is 29.5 Å². The average Bonchev–Trinajstić information content (AvgIpc) is 2.62. The van der Waals surface area contributed by atoms with Crippen LogP contribution in [-0.2, 0) is 0 Å². The lowest BCUT2D eigenvalue weighted by Crippen LogP contribution is -2.19. The molecule has 0 aliphatic rings. The number of methoxy groups -OCH3 is 2. The molecule has 26 heavy (non-hydrogen) atoms. The van der Waals surface area contributed by atoms with E-state index in [0.717, 1.165) is 0 Å². The van der Waals surface area contributed by atoms with Gasteiger partial charge in [-0.05, 0) is 31.3 Å². The molecule has 0 bridgehead atoms. The fraction of sp³-hybridized carbons (Fsp3) is 0.235. The SMILES string of the molecule is CCOc1ccc(NC(=S)Nc2cc(OC)cc(OC)c2)c([N+](=O)[O-])c1. The van der Waals surface area contributed by atoms with Gasteiger partial charge in [-0.25, -0.2) is 0 Å². The standard InChI is InChI=1S/C17H19N3O5S/c1-4-25-12-5-6-15(16(10-12)20(21)22)19-17(26)18-11-7-13(23-2)9-14(8-11)24-3/h5-10H,4H2,1-3H3,(H2,18,19,26). The number of nitro groups is 1. The van der Waals surface area contributed by atoms with Gasteiger partial charge in [0.15, 0.2) is 5.11 Å². The first kappa shape index (κ1) is 19.3. The van der Waals surface area contributed by atoms with Gasteiger partial charge >= 0.3 is 0 Å². The largest absolute Gasteiger partial charge is 0.497 e. The number of rotatable bonds is 7. The molecule has 2 N–H and O–H groups in total. The maximum absolute atomic E-state index is 11.3. The molecule has 138 valence electrons. The third kappa shape index (κ3) is 4.96. The first-order chi connectivity index (χ1) is 12.5. The molecule has 0 unspecified atom stereocenters. The molecule has 9 heteroatoms. The highest BCUT2D eigenvalue weighted by Gasteiger charge is 2.16. The maximum Gasteiger partial charge on any atom is 0.296 e. The van der Waals surface area contributed by atoms with E-state index in [9.17, 15) is 10.1 Å². The van der Waals surface area contributed by atoms with E-state index in [1.165, 1.54) is 6.07 Å². The summed E-state index contributed by atoms with van der Waals surface area (Å²) in [5.41, 5.74) is 0.737. The van der Waals surface area contributed by atoms with Gasteiger partial charge in [0.2, 0.25) is 0 Å². The number of ether oxygens (including phenoxy) is 3. The number of benzene rings is 2. The zero-order valence-electron chi connectivity index (χ0n) is 14.6. The number of thiocarbonyl (C=S) groups is 1. The van der Waals surface area contributed by atoms with Crippen LogP contribution in [0.2, 0.25) is 0 Å². The molecule has 8 nitrogen and oxygen atoms in total. The second-order valence-electron chi connectivity index (χ2n) is 5.05. The minimum absolute atomic E-state index is 0.136. The highest BCUT2D eigenvalue weighted by molar-refractivity contribution is 7.80. The Labute approximate surface area is 156 Å². The van der Waals surface area contributed by atoms with Crippen LogP contribution in [-0.4, -0.2) is 30.9 Å². The summed E-state index contributed by atoms with van der Waals surface area (Å²) in [6.07, 6.45) is 0. The van der Waals surface area contributed by atoms with Gasteiger partial charge in [-0.2, -0.15) is 0 Å². The highest BCUT2D eigenvalue weighted by atomic mass is 32.1. The highest BCUT2D eigenvalue weighted by Crippen LogP contribution is 2.30. The third-order valence-corrected chi connectivity index (χ3v) is 3.54. The van der Waals surface area contributed by atoms with Gasteiger partial charge in [0.1, 0.15) is 22.9 Å². The molecule has 0 spiro atoms. The molecule has 0 aromatic heterocycles. The van der Waals surface area contributed by atoms with Crippen molar-refractivity contribution in [1.82, 2.24) is 0 Å². The van der Waals surface area contributed by atoms with Crippen molar-refractivity contribution in [2.75, 3.05) is 31.5 Å². The van der Waals surface area contributed by atoms with E-state index in [4.69, 9.17) is 26.4 Å². The van der Waals surface area contributed by atoms with E-state index in [-0.39, 0.29) is 16.5 Å². The average molecular weight is 377 g/mol. The Bertz CT molecular complexity index is 791. The second kappa shape index (κ2) is 8.86. The lowest BCUT2D eigenvalue weighted by Gasteiger charge is -2.13. The molecule has 0 atom stereocenters. The molecule has 0 radical (unpaired) electrons. The van der Waals surface area contributed by atoms with Crippen LogP contribution in [0.1, 0.15) is 6.92 Å². The predicted octanol–water partition coefficient (Wildman–Crippen LogP) is 3.82. The van der Waals surface area contributed by atoms with Gasteiger partial charge in [0.25, 0.3) is 5.69 Å². The Morgan fingerprint density at radius 2 is 1.73 bits per heavy atom. The number of hydrogen-bond acceptors (Lipinski definition) is 6. The fourth-order valence-corrected chi connectivity index (χ4v) is 2.42. The number of nitro benzene ring substituents is 1. The van der Waals surface area contributed by atoms with E-state index < -0.39 is 4.92 Å². The second-order valence-corrected chi connectivity index (χ2v) is 5.46. The van der Waals surface area contributed by atoms with Crippen molar-refractivity contribution in [3.05, 3.63) is 46.5 Å². The summed E-state index contributed by atoms with van der Waals surface area (Å²) in [6.45, 7) is 2.22. The van der Waals surface area contributed by atoms with Crippen molar-refractivity contribution in [2.45, 2.75) is 6.92 Å². The van der Waals surface area contributed by atoms with Crippen LogP contribution in [0.15, 0.2) is 36.4 Å². The molecule has 0 aliphatic heterocycles. The Balaban J connectivity index is 2.18. The van der Waals surface area contributed by atoms with Crippen molar-refractivity contribution < 1.29 is 19.1 Å². The fourth-order valence-electron chi connectivity index (χ4n) is 2.19. The van der Waals surface area contributed by atoms with Crippen LogP contribution in [0, 0.1) is 10.1 Å². The molecule has 0 saturated heterocycles. The Kier molecular flexibility index (Phi) is 6.56. The van der Waals surface area contributed by atoms with Crippen molar-refractivity contribution >= 4 is 34.4 Å². The smallest absolute Gasteiger partial charge is 0.296 e. The molecule has 0 saturated carbocycles. The van der Waals surface area contributed by atoms with E-state index >= 15 is 0 Å². The Morgan fingerprint density at radius 3 is 2.27 bits per heavy atom. The zero-order valence-corrected chi connectivity index (χ0v) is 15.4. The van der Waals surface area contributed by atoms with Crippen LogP contribution >= 0.6 is 12.2 Å². The maximum atomic E-state index is 11.3. The van der Waals surface area contributed by atoms with Crippen molar-refractivity contribution in [3.63, 3.8) is 0 Å². The quantitative estimate of drug-likeness (QED) is 0.427. The van der Waals surface area contributed by atoms with Crippen LogP contribution in [0.3, 0.4) is 0 Å². The van der Waals surface area contributed by atoms with E-state index in [1.807, 2.05) is 0 Å². The van der Waals surface area contributed by atoms with Crippen LogP contribution < -0.4 is 24.8 Å². The summed E-state index contributed by atoms with van der Waals surface area (Å²) in [7, 11) is 3.08. The molecule has 2 aromatic carbocycles. The Hall–Kier alpha value is -3.07. The van der Waals surface area contributed by atoms with Gasteiger partial charge in [0, 0.05) is 23.9 Å². The normalized spacial score (nSPS) is 9.96. The summed E-state index contributed by atoms with van der Waals surface area (Å²) >= 11 is 5.25. The topological polar surface area (TPSA) is 94.9 Å². The number of nitrogens with zero attached hydrogens (tertiary/aromatic N) is 1. The monoisotopic (exact) mass is 377 g/mol. The lowest BCUT2D eigenvalue weighted by atomic mass is 10.2. The van der Waals surface area contributed by atoms with Crippen molar-refractivity contribution in [3.8, 4) is 17.2 Å². The number of nitrogens with one attached hydrogen (secondary N) is 2. The van der Waals surface area contributed by atoms with Gasteiger partial charge in [-0.1, -0.05) is 0 Å². The van der Waals surface area contributed by atoms with Gasteiger partial charge in [0.05, 0.1) is 31.8 Å². The zero-order chi connectivity index (χ0) is 19.1. The molecular weight excluding hydrogens is 358 g/mol. The third-order valence-electron chi connectivity index (χ3n) is 3.33. The van der Waals surface area contributed by atoms with E-state index in [2.05, 4.69) is 10.6 Å². The van der Waals surface area contributed by atoms with Gasteiger partial charge in [-0.3, -0.25) is 10.1 Å². The minimum Gasteiger partial charge on any atom is -0.497 e. The summed E-state index contributed by atoms with van der Waals surface area (Å²) < 4.78 is 15.7. The molecule has 2 rings (SSSR count). The number of anilines is 2. The van der Waals surface area contributed by atoms with Crippen LogP contribution in [0.25, 0.3) is 0 Å². The summed E-state index contributed by atoms with van der Waals surface area (Å²) in [5.74, 6) is 1.59. The lowest BCUT2D eigenvalue weighted by molar-refractivity contribution is -0.384. The van der Waals surface area contributed by atoms with E-state index in [1.54, 1.807) is 51.5 Å². The molecule has 0 amide bonds. The molecular formula is C17H19N3O5S. The number of hydrogen-bond donors (Lipinski definition) is 2. The van der Waals surface area contributed by atoms with Crippen molar-refractivity contribution in [2.24, 2.45) is 0 Å². The molecule has 0 heterocycles. The van der Waals surface area contributed by atoms with Crippen LogP contribution in [0.5, 0.6) is 17.2 Å². The molecule has 2 aromatic rings. The molecule has 0 fully saturated rings. The van der Waals surface area contributed by atoms with Crippen LogP contribution in [0.4, 0.5) is 17.1 Å². The Morgan fingerprint density at radius 1 is 1.08 bits per heavy atom. The molecule has 0 aliphatic carbocycles. The minimum atomic E-state index is -0.498. The summed E-state index contributed by atoms with van der Waals surface area (Å²) in [5, 5.41) is 17.3. The van der Waals surface area contributed by atoms with Gasteiger partial charge < -0.3 is 24.8 Å².